The Labute approximate surface area is 140 Å². The second-order valence-electron chi connectivity index (χ2n) is 6.10. The summed E-state index contributed by atoms with van der Waals surface area (Å²) in [5.41, 5.74) is 2.73. The molecular formula is C18H20ClFN2O. The number of halogens is 2. The van der Waals surface area contributed by atoms with Gasteiger partial charge in [0.05, 0.1) is 6.20 Å². The lowest BCUT2D eigenvalue weighted by Gasteiger charge is -2.26. The van der Waals surface area contributed by atoms with Gasteiger partial charge >= 0.3 is 0 Å². The zero-order valence-electron chi connectivity index (χ0n) is 13.3. The molecule has 0 saturated carbocycles. The Kier molecular flexibility index (Phi) is 4.83. The van der Waals surface area contributed by atoms with Crippen molar-refractivity contribution in [1.82, 2.24) is 10.3 Å². The molecule has 0 amide bonds. The van der Waals surface area contributed by atoms with E-state index in [0.29, 0.717) is 5.02 Å². The minimum Gasteiger partial charge on any atom is -0.485 e. The molecule has 1 aliphatic rings. The van der Waals surface area contributed by atoms with Gasteiger partial charge in [0.2, 0.25) is 0 Å². The Hall–Kier alpha value is -1.65. The molecule has 2 atom stereocenters. The predicted octanol–water partition coefficient (Wildman–Crippen LogP) is 4.22. The van der Waals surface area contributed by atoms with Gasteiger partial charge in [-0.05, 0) is 56.1 Å². The third-order valence-corrected chi connectivity index (χ3v) is 4.47. The van der Waals surface area contributed by atoms with Crippen molar-refractivity contribution in [1.29, 1.82) is 0 Å². The normalized spacial score (nSPS) is 18.9. The molecule has 0 radical (unpaired) electrons. The third-order valence-electron chi connectivity index (χ3n) is 4.25. The van der Waals surface area contributed by atoms with E-state index in [4.69, 9.17) is 16.3 Å². The van der Waals surface area contributed by atoms with Gasteiger partial charge in [0.1, 0.15) is 17.7 Å². The number of aryl methyl sites for hydroxylation is 2. The Morgan fingerprint density at radius 2 is 2.00 bits per heavy atom. The molecule has 1 saturated heterocycles. The number of rotatable bonds is 4. The second-order valence-corrected chi connectivity index (χ2v) is 6.53. The molecular weight excluding hydrogens is 315 g/mol. The van der Waals surface area contributed by atoms with Crippen LogP contribution < -0.4 is 10.1 Å². The van der Waals surface area contributed by atoms with E-state index >= 15 is 0 Å². The van der Waals surface area contributed by atoms with E-state index in [2.05, 4.69) is 10.3 Å². The molecule has 1 aliphatic heterocycles. The van der Waals surface area contributed by atoms with Crippen LogP contribution in [0.25, 0.3) is 0 Å². The highest BCUT2D eigenvalue weighted by molar-refractivity contribution is 6.30. The average molecular weight is 335 g/mol. The first-order valence-electron chi connectivity index (χ1n) is 7.79. The highest BCUT2D eigenvalue weighted by atomic mass is 35.5. The fraction of sp³-hybridized carbons (Fsp3) is 0.389. The first kappa shape index (κ1) is 16.2. The number of benzene rings is 1. The maximum Gasteiger partial charge on any atom is 0.141 e. The van der Waals surface area contributed by atoms with Gasteiger partial charge in [0, 0.05) is 29.2 Å². The zero-order valence-corrected chi connectivity index (χ0v) is 14.0. The van der Waals surface area contributed by atoms with Gasteiger partial charge in [-0.15, -0.1) is 0 Å². The maximum absolute atomic E-state index is 13.6. The van der Waals surface area contributed by atoms with Gasteiger partial charge in [0.15, 0.2) is 0 Å². The quantitative estimate of drug-likeness (QED) is 0.909. The first-order valence-corrected chi connectivity index (χ1v) is 8.17. The Morgan fingerprint density at radius 1 is 1.26 bits per heavy atom. The Bertz CT molecular complexity index is 678. The van der Waals surface area contributed by atoms with Gasteiger partial charge in [-0.2, -0.15) is 0 Å². The lowest BCUT2D eigenvalue weighted by atomic mass is 9.95. The highest BCUT2D eigenvalue weighted by Gasteiger charge is 2.29. The minimum absolute atomic E-state index is 0.230. The molecule has 0 aliphatic carbocycles. The first-order chi connectivity index (χ1) is 11.0. The van der Waals surface area contributed by atoms with E-state index in [-0.39, 0.29) is 17.8 Å². The average Bonchev–Trinajstić information content (AvgIpc) is 3.00. The van der Waals surface area contributed by atoms with Crippen LogP contribution in [0.5, 0.6) is 5.75 Å². The third kappa shape index (κ3) is 3.65. The van der Waals surface area contributed by atoms with Crippen LogP contribution in [-0.2, 0) is 0 Å². The number of hydrogen-bond donors (Lipinski definition) is 1. The molecule has 0 spiro atoms. The summed E-state index contributed by atoms with van der Waals surface area (Å²) in [6, 6.07) is 5.28. The molecule has 1 N–H and O–H groups in total. The predicted molar refractivity (Wildman–Crippen MR) is 89.5 cm³/mol. The molecule has 1 aromatic heterocycles. The number of ether oxygens (including phenoxy) is 1. The number of aromatic nitrogens is 1. The fourth-order valence-corrected chi connectivity index (χ4v) is 3.49. The molecule has 1 unspecified atom stereocenters. The van der Waals surface area contributed by atoms with Crippen LogP contribution in [0.3, 0.4) is 0 Å². The number of nitrogens with one attached hydrogen (secondary N) is 1. The fourth-order valence-electron chi connectivity index (χ4n) is 3.17. The van der Waals surface area contributed by atoms with Crippen LogP contribution in [0.1, 0.15) is 29.2 Å². The molecule has 0 bridgehead atoms. The standard InChI is InChI=1S/C18H20ClFN2O/c1-11-5-15(19)6-12(2)17(11)23-18(13-3-4-21-8-13)14-7-16(20)10-22-9-14/h5-7,9-10,13,18,21H,3-4,8H2,1-2H3/t13?,18-/m0/s1. The summed E-state index contributed by atoms with van der Waals surface area (Å²) in [5, 5.41) is 4.04. The monoisotopic (exact) mass is 334 g/mol. The summed E-state index contributed by atoms with van der Waals surface area (Å²) in [6.45, 7) is 5.75. The van der Waals surface area contributed by atoms with Crippen molar-refractivity contribution >= 4 is 11.6 Å². The van der Waals surface area contributed by atoms with Crippen molar-refractivity contribution in [2.24, 2.45) is 5.92 Å². The summed E-state index contributed by atoms with van der Waals surface area (Å²) in [5.74, 6) is 0.759. The number of nitrogens with zero attached hydrogens (tertiary/aromatic N) is 1. The van der Waals surface area contributed by atoms with Crippen LogP contribution in [0, 0.1) is 25.6 Å². The van der Waals surface area contributed by atoms with Crippen LogP contribution >= 0.6 is 11.6 Å². The van der Waals surface area contributed by atoms with Crippen molar-refractivity contribution < 1.29 is 9.13 Å². The van der Waals surface area contributed by atoms with Crippen molar-refractivity contribution in [3.63, 3.8) is 0 Å². The molecule has 1 aromatic carbocycles. The van der Waals surface area contributed by atoms with Crippen molar-refractivity contribution in [3.8, 4) is 5.75 Å². The van der Waals surface area contributed by atoms with Crippen LogP contribution in [-0.4, -0.2) is 18.1 Å². The summed E-state index contributed by atoms with van der Waals surface area (Å²) in [6.07, 6.45) is 3.66. The summed E-state index contributed by atoms with van der Waals surface area (Å²) < 4.78 is 20.0. The number of pyridine rings is 1. The summed E-state index contributed by atoms with van der Waals surface area (Å²) in [4.78, 5) is 3.98. The van der Waals surface area contributed by atoms with Gasteiger partial charge in [-0.3, -0.25) is 4.98 Å². The highest BCUT2D eigenvalue weighted by Crippen LogP contribution is 2.36. The van der Waals surface area contributed by atoms with Gasteiger partial charge < -0.3 is 10.1 Å². The smallest absolute Gasteiger partial charge is 0.141 e. The SMILES string of the molecule is Cc1cc(Cl)cc(C)c1O[C@H](c1cncc(F)c1)C1CCNC1. The molecule has 3 nitrogen and oxygen atoms in total. The molecule has 3 rings (SSSR count). The van der Waals surface area contributed by atoms with Gasteiger partial charge in [-0.1, -0.05) is 11.6 Å². The van der Waals surface area contributed by atoms with E-state index in [9.17, 15) is 4.39 Å². The zero-order chi connectivity index (χ0) is 16.4. The Balaban J connectivity index is 1.96. The van der Waals surface area contributed by atoms with E-state index in [1.165, 1.54) is 12.3 Å². The van der Waals surface area contributed by atoms with E-state index in [1.807, 2.05) is 26.0 Å². The van der Waals surface area contributed by atoms with Crippen LogP contribution in [0.2, 0.25) is 5.02 Å². The van der Waals surface area contributed by atoms with E-state index < -0.39 is 0 Å². The summed E-state index contributed by atoms with van der Waals surface area (Å²) in [7, 11) is 0. The Morgan fingerprint density at radius 3 is 2.61 bits per heavy atom. The largest absolute Gasteiger partial charge is 0.485 e. The van der Waals surface area contributed by atoms with Crippen LogP contribution in [0.4, 0.5) is 4.39 Å². The summed E-state index contributed by atoms with van der Waals surface area (Å²) >= 11 is 6.10. The minimum atomic E-state index is -0.341. The topological polar surface area (TPSA) is 34.1 Å². The number of hydrogen-bond acceptors (Lipinski definition) is 3. The molecule has 5 heteroatoms. The molecule has 2 heterocycles. The van der Waals surface area contributed by atoms with Gasteiger partial charge in [0.25, 0.3) is 0 Å². The van der Waals surface area contributed by atoms with E-state index in [0.717, 1.165) is 42.0 Å². The molecule has 1 fully saturated rings. The van der Waals surface area contributed by atoms with E-state index in [1.54, 1.807) is 6.20 Å². The lowest BCUT2D eigenvalue weighted by Crippen LogP contribution is -2.22. The molecule has 23 heavy (non-hydrogen) atoms. The van der Waals surface area contributed by atoms with Crippen molar-refractivity contribution in [2.45, 2.75) is 26.4 Å². The van der Waals surface area contributed by atoms with Crippen molar-refractivity contribution in [3.05, 3.63) is 58.1 Å². The molecule has 2 aromatic rings. The van der Waals surface area contributed by atoms with Crippen molar-refractivity contribution in [2.75, 3.05) is 13.1 Å². The van der Waals surface area contributed by atoms with Gasteiger partial charge in [-0.25, -0.2) is 4.39 Å². The molecule has 122 valence electrons. The lowest BCUT2D eigenvalue weighted by molar-refractivity contribution is 0.141. The maximum atomic E-state index is 13.6. The van der Waals surface area contributed by atoms with Crippen LogP contribution in [0.15, 0.2) is 30.6 Å². The second kappa shape index (κ2) is 6.85.